The summed E-state index contributed by atoms with van der Waals surface area (Å²) in [5.41, 5.74) is 2.50. The lowest BCUT2D eigenvalue weighted by atomic mass is 10.3. The van der Waals surface area contributed by atoms with E-state index >= 15 is 0 Å². The van der Waals surface area contributed by atoms with Gasteiger partial charge in [0.1, 0.15) is 12.3 Å². The molecule has 0 spiro atoms. The molecule has 7 heteroatoms. The molecule has 2 N–H and O–H groups in total. The average molecular weight is 229 g/mol. The lowest BCUT2D eigenvalue weighted by Crippen LogP contribution is -2.10. The van der Waals surface area contributed by atoms with Crippen molar-refractivity contribution in [1.82, 2.24) is 4.98 Å². The summed E-state index contributed by atoms with van der Waals surface area (Å²) in [4.78, 5) is 18.6. The van der Waals surface area contributed by atoms with Crippen LogP contribution in [0.15, 0.2) is 10.4 Å². The van der Waals surface area contributed by atoms with Gasteiger partial charge >= 0.3 is 5.97 Å². The lowest BCUT2D eigenvalue weighted by Gasteiger charge is -2.07. The van der Waals surface area contributed by atoms with Crippen LogP contribution in [0.1, 0.15) is 18.7 Å². The van der Waals surface area contributed by atoms with Crippen LogP contribution in [0.5, 0.6) is 0 Å². The summed E-state index contributed by atoms with van der Waals surface area (Å²) in [5, 5.41) is 10.6. The predicted octanol–water partition coefficient (Wildman–Crippen LogP) is 1.25. The van der Waals surface area contributed by atoms with Crippen LogP contribution in [-0.4, -0.2) is 29.4 Å². The molecule has 1 unspecified atom stereocenters. The Labute approximate surface area is 90.6 Å². The molecule has 0 fully saturated rings. The van der Waals surface area contributed by atoms with E-state index in [-0.39, 0.29) is 0 Å². The van der Waals surface area contributed by atoms with Crippen LogP contribution >= 0.6 is 11.3 Å². The fourth-order valence-corrected chi connectivity index (χ4v) is 1.58. The monoisotopic (exact) mass is 229 g/mol. The van der Waals surface area contributed by atoms with Crippen LogP contribution in [0.3, 0.4) is 0 Å². The summed E-state index contributed by atoms with van der Waals surface area (Å²) in [6.45, 7) is 1.69. The van der Waals surface area contributed by atoms with Crippen molar-refractivity contribution in [1.29, 1.82) is 0 Å². The van der Waals surface area contributed by atoms with Gasteiger partial charge in [-0.15, -0.1) is 11.3 Å². The van der Waals surface area contributed by atoms with E-state index in [1.54, 1.807) is 12.3 Å². The molecular weight excluding hydrogens is 218 g/mol. The van der Waals surface area contributed by atoms with Crippen LogP contribution in [0.25, 0.3) is 0 Å². The molecule has 0 saturated heterocycles. The van der Waals surface area contributed by atoms with Crippen molar-refractivity contribution in [3.05, 3.63) is 11.1 Å². The number of thiazole rings is 1. The highest BCUT2D eigenvalue weighted by molar-refractivity contribution is 7.13. The molecule has 6 nitrogen and oxygen atoms in total. The van der Waals surface area contributed by atoms with Gasteiger partial charge in [-0.25, -0.2) is 15.3 Å². The van der Waals surface area contributed by atoms with Gasteiger partial charge in [0.05, 0.1) is 5.69 Å². The number of aliphatic imine (C=N–C) groups is 1. The second-order valence-corrected chi connectivity index (χ2v) is 3.51. The molecule has 0 aliphatic carbocycles. The first-order valence-corrected chi connectivity index (χ1v) is 5.03. The van der Waals surface area contributed by atoms with Crippen LogP contribution in [0, 0.1) is 0 Å². The van der Waals surface area contributed by atoms with Gasteiger partial charge in [0.15, 0.2) is 0 Å². The summed E-state index contributed by atoms with van der Waals surface area (Å²) in [6, 6.07) is 0. The van der Waals surface area contributed by atoms with E-state index in [0.717, 1.165) is 6.21 Å². The maximum atomic E-state index is 11.0. The number of nitrogens with zero attached hydrogens (tertiary/aromatic N) is 2. The summed E-state index contributed by atoms with van der Waals surface area (Å²) in [5.74, 6) is -0.517. The highest BCUT2D eigenvalue weighted by atomic mass is 32.1. The minimum atomic E-state index is -0.517. The van der Waals surface area contributed by atoms with Crippen molar-refractivity contribution >= 4 is 28.7 Å². The minimum Gasteiger partial charge on any atom is -0.452 e. The Morgan fingerprint density at radius 2 is 2.60 bits per heavy atom. The summed E-state index contributed by atoms with van der Waals surface area (Å²) in [7, 11) is 1.49. The zero-order chi connectivity index (χ0) is 11.3. The van der Waals surface area contributed by atoms with E-state index in [0.29, 0.717) is 10.8 Å². The molecule has 1 aromatic heterocycles. The first-order valence-electron chi connectivity index (χ1n) is 4.15. The Hall–Kier alpha value is -1.47. The molecule has 82 valence electrons. The quantitative estimate of drug-likeness (QED) is 0.461. The molecule has 0 aliphatic heterocycles. The van der Waals surface area contributed by atoms with E-state index in [1.807, 2.05) is 5.48 Å². The standard InChI is InChI=1S/C8H11N3O3S/c1-5(14-7(12)3-9-2)6-4-15-8(10-6)11-13/h3-5,13H,1-2H3,(H,10,11). The lowest BCUT2D eigenvalue weighted by molar-refractivity contribution is -0.139. The topological polar surface area (TPSA) is 83.8 Å². The Kier molecular flexibility index (Phi) is 4.19. The maximum absolute atomic E-state index is 11.0. The van der Waals surface area contributed by atoms with Gasteiger partial charge in [-0.3, -0.25) is 10.2 Å². The average Bonchev–Trinajstić information content (AvgIpc) is 2.66. The van der Waals surface area contributed by atoms with Crippen LogP contribution in [0.4, 0.5) is 5.13 Å². The maximum Gasteiger partial charge on any atom is 0.349 e. The van der Waals surface area contributed by atoms with Crippen LogP contribution < -0.4 is 5.48 Å². The molecule has 1 aromatic rings. The smallest absolute Gasteiger partial charge is 0.349 e. The van der Waals surface area contributed by atoms with Crippen molar-refractivity contribution in [3.8, 4) is 0 Å². The number of ether oxygens (including phenoxy) is 1. The van der Waals surface area contributed by atoms with Gasteiger partial charge in [-0.05, 0) is 6.92 Å². The molecule has 1 heterocycles. The third-order valence-corrected chi connectivity index (χ3v) is 2.33. The van der Waals surface area contributed by atoms with Crippen molar-refractivity contribution in [2.75, 3.05) is 12.5 Å². The molecule has 15 heavy (non-hydrogen) atoms. The number of carbonyl (C=O) groups excluding carboxylic acids is 1. The summed E-state index contributed by atoms with van der Waals surface area (Å²) < 4.78 is 4.98. The number of nitrogens with one attached hydrogen (secondary N) is 1. The van der Waals surface area contributed by atoms with Crippen molar-refractivity contribution in [2.24, 2.45) is 4.99 Å². The third-order valence-electron chi connectivity index (χ3n) is 1.56. The van der Waals surface area contributed by atoms with Crippen molar-refractivity contribution in [3.63, 3.8) is 0 Å². The zero-order valence-corrected chi connectivity index (χ0v) is 9.11. The van der Waals surface area contributed by atoms with E-state index < -0.39 is 12.1 Å². The van der Waals surface area contributed by atoms with E-state index in [2.05, 4.69) is 9.98 Å². The molecule has 1 atom stereocenters. The van der Waals surface area contributed by atoms with E-state index in [9.17, 15) is 4.79 Å². The summed E-state index contributed by atoms with van der Waals surface area (Å²) in [6.07, 6.45) is 0.627. The first kappa shape index (κ1) is 11.6. The van der Waals surface area contributed by atoms with Crippen LogP contribution in [0.2, 0.25) is 0 Å². The number of anilines is 1. The highest BCUT2D eigenvalue weighted by Crippen LogP contribution is 2.22. The number of hydrogen-bond acceptors (Lipinski definition) is 7. The third kappa shape index (κ3) is 3.30. The van der Waals surface area contributed by atoms with E-state index in [1.165, 1.54) is 18.4 Å². The zero-order valence-electron chi connectivity index (χ0n) is 8.30. The second kappa shape index (κ2) is 5.42. The van der Waals surface area contributed by atoms with Gasteiger partial charge in [-0.1, -0.05) is 0 Å². The molecule has 0 radical (unpaired) electrons. The normalized spacial score (nSPS) is 12.7. The number of esters is 1. The number of carbonyl (C=O) groups is 1. The van der Waals surface area contributed by atoms with Gasteiger partial charge in [-0.2, -0.15) is 0 Å². The fourth-order valence-electron chi connectivity index (χ4n) is 0.895. The van der Waals surface area contributed by atoms with Gasteiger partial charge in [0, 0.05) is 12.4 Å². The van der Waals surface area contributed by atoms with Gasteiger partial charge < -0.3 is 4.74 Å². The largest absolute Gasteiger partial charge is 0.452 e. The molecule has 0 aromatic carbocycles. The molecule has 0 amide bonds. The van der Waals surface area contributed by atoms with Gasteiger partial charge in [0.2, 0.25) is 5.13 Å². The second-order valence-electron chi connectivity index (χ2n) is 2.66. The van der Waals surface area contributed by atoms with Crippen molar-refractivity contribution in [2.45, 2.75) is 13.0 Å². The highest BCUT2D eigenvalue weighted by Gasteiger charge is 2.13. The van der Waals surface area contributed by atoms with Gasteiger partial charge in [0.25, 0.3) is 0 Å². The molecule has 1 rings (SSSR count). The molecule has 0 aliphatic rings. The predicted molar refractivity (Wildman–Crippen MR) is 56.4 cm³/mol. The minimum absolute atomic E-state index is 0.358. The number of rotatable bonds is 4. The Bertz CT molecular complexity index is 364. The Morgan fingerprint density at radius 3 is 3.13 bits per heavy atom. The number of aromatic nitrogens is 1. The summed E-state index contributed by atoms with van der Waals surface area (Å²) >= 11 is 1.22. The Balaban J connectivity index is 2.60. The molecule has 0 bridgehead atoms. The van der Waals surface area contributed by atoms with Crippen molar-refractivity contribution < 1.29 is 14.7 Å². The SMILES string of the molecule is CN=CC(=O)OC(C)c1csc(NO)n1. The van der Waals surface area contributed by atoms with Crippen LogP contribution in [-0.2, 0) is 9.53 Å². The molecule has 0 saturated carbocycles. The van der Waals surface area contributed by atoms with E-state index in [4.69, 9.17) is 9.94 Å². The Morgan fingerprint density at radius 1 is 1.87 bits per heavy atom. The fraction of sp³-hybridized carbons (Fsp3) is 0.375. The number of hydrogen-bond donors (Lipinski definition) is 2. The molecular formula is C8H11N3O3S. The first-order chi connectivity index (χ1) is 7.17.